The van der Waals surface area contributed by atoms with Gasteiger partial charge in [-0.3, -0.25) is 0 Å². The third kappa shape index (κ3) is 1.80. The summed E-state index contributed by atoms with van der Waals surface area (Å²) in [5.74, 6) is -0.223. The van der Waals surface area contributed by atoms with E-state index in [1.54, 1.807) is 4.57 Å². The zero-order valence-corrected chi connectivity index (χ0v) is 10.1. The van der Waals surface area contributed by atoms with Crippen LogP contribution in [0.15, 0.2) is 18.2 Å². The molecule has 19 heavy (non-hydrogen) atoms. The van der Waals surface area contributed by atoms with Crippen molar-refractivity contribution in [2.75, 3.05) is 12.8 Å². The molecule has 0 unspecified atom stereocenters. The first-order valence-corrected chi connectivity index (χ1v) is 5.69. The molecule has 7 nitrogen and oxygen atoms in total. The number of halogens is 1. The van der Waals surface area contributed by atoms with Crippen LogP contribution in [0, 0.1) is 0 Å². The number of anilines is 1. The summed E-state index contributed by atoms with van der Waals surface area (Å²) in [6, 6.07) is -0.348. The Morgan fingerprint density at radius 2 is 2.32 bits per heavy atom. The van der Waals surface area contributed by atoms with Gasteiger partial charge in [-0.2, -0.15) is 9.97 Å². The summed E-state index contributed by atoms with van der Waals surface area (Å²) < 4.78 is 20.0. The monoisotopic (exact) mass is 265 g/mol. The van der Waals surface area contributed by atoms with Gasteiger partial charge in [0.05, 0.1) is 19.5 Å². The van der Waals surface area contributed by atoms with E-state index in [2.05, 4.69) is 15.0 Å². The number of hydrogen-bond donors (Lipinski definition) is 2. The first kappa shape index (κ1) is 11.8. The number of rotatable bonds is 2. The number of hydrogen-bond acceptors (Lipinski definition) is 6. The van der Waals surface area contributed by atoms with Gasteiger partial charge in [0, 0.05) is 6.42 Å². The molecule has 8 heteroatoms. The van der Waals surface area contributed by atoms with E-state index in [9.17, 15) is 9.50 Å². The van der Waals surface area contributed by atoms with E-state index in [-0.39, 0.29) is 24.3 Å². The van der Waals surface area contributed by atoms with E-state index >= 15 is 0 Å². The van der Waals surface area contributed by atoms with Crippen molar-refractivity contribution in [2.24, 2.45) is 0 Å². The number of fused-ring (bicyclic) bond motifs is 1. The molecule has 100 valence electrons. The summed E-state index contributed by atoms with van der Waals surface area (Å²) in [5, 5.41) is 9.44. The maximum Gasteiger partial charge on any atom is 0.246 e. The lowest BCUT2D eigenvalue weighted by atomic mass is 10.2. The fourth-order valence-electron chi connectivity index (χ4n) is 2.19. The van der Waals surface area contributed by atoms with Gasteiger partial charge in [0.15, 0.2) is 11.2 Å². The van der Waals surface area contributed by atoms with Crippen molar-refractivity contribution in [1.82, 2.24) is 19.5 Å². The number of imidazole rings is 1. The SMILES string of the molecule is COc1nc(N)nc2c1ncn2[C@@H]1C=C(F)[C@H](O)C1. The van der Waals surface area contributed by atoms with Gasteiger partial charge in [-0.25, -0.2) is 9.37 Å². The van der Waals surface area contributed by atoms with Gasteiger partial charge in [0.25, 0.3) is 0 Å². The number of methoxy groups -OCH3 is 1. The minimum atomic E-state index is -1.08. The van der Waals surface area contributed by atoms with Gasteiger partial charge in [0.1, 0.15) is 11.9 Å². The molecule has 2 atom stereocenters. The van der Waals surface area contributed by atoms with Crippen molar-refractivity contribution in [3.05, 3.63) is 18.2 Å². The van der Waals surface area contributed by atoms with Crippen LogP contribution in [0.2, 0.25) is 0 Å². The summed E-state index contributed by atoms with van der Waals surface area (Å²) in [7, 11) is 1.46. The van der Waals surface area contributed by atoms with Crippen molar-refractivity contribution < 1.29 is 14.2 Å². The van der Waals surface area contributed by atoms with Crippen LogP contribution in [0.25, 0.3) is 11.2 Å². The highest BCUT2D eigenvalue weighted by Gasteiger charge is 2.28. The van der Waals surface area contributed by atoms with Crippen LogP contribution in [0.5, 0.6) is 5.88 Å². The minimum Gasteiger partial charge on any atom is -0.479 e. The number of nitrogen functional groups attached to an aromatic ring is 1. The van der Waals surface area contributed by atoms with Crippen LogP contribution < -0.4 is 10.5 Å². The lowest BCUT2D eigenvalue weighted by Crippen LogP contribution is -2.09. The highest BCUT2D eigenvalue weighted by Crippen LogP contribution is 2.32. The van der Waals surface area contributed by atoms with Gasteiger partial charge in [-0.15, -0.1) is 0 Å². The number of ether oxygens (including phenoxy) is 1. The molecular formula is C11H12FN5O2. The first-order valence-electron chi connectivity index (χ1n) is 5.69. The Labute approximate surface area is 107 Å². The Morgan fingerprint density at radius 3 is 2.95 bits per heavy atom. The fraction of sp³-hybridized carbons (Fsp3) is 0.364. The van der Waals surface area contributed by atoms with Crippen molar-refractivity contribution in [1.29, 1.82) is 0 Å². The molecule has 0 saturated carbocycles. The Bertz CT molecular complexity index is 668. The van der Waals surface area contributed by atoms with E-state index in [4.69, 9.17) is 10.5 Å². The standard InChI is InChI=1S/C11H12FN5O2/c1-19-10-8-9(15-11(13)16-10)17(4-14-8)5-2-6(12)7(18)3-5/h2,4-5,7,18H,3H2,1H3,(H2,13,15,16)/t5-,7-/m1/s1. The molecule has 2 heterocycles. The minimum absolute atomic E-state index is 0.0501. The zero-order chi connectivity index (χ0) is 13.6. The van der Waals surface area contributed by atoms with Gasteiger partial charge < -0.3 is 20.1 Å². The lowest BCUT2D eigenvalue weighted by molar-refractivity contribution is 0.177. The lowest BCUT2D eigenvalue weighted by Gasteiger charge is -2.11. The van der Waals surface area contributed by atoms with E-state index in [1.807, 2.05) is 0 Å². The summed E-state index contributed by atoms with van der Waals surface area (Å²) in [6.45, 7) is 0. The molecular weight excluding hydrogens is 253 g/mol. The molecule has 3 rings (SSSR count). The molecule has 0 spiro atoms. The zero-order valence-electron chi connectivity index (χ0n) is 10.1. The summed E-state index contributed by atoms with van der Waals surface area (Å²) in [4.78, 5) is 12.2. The normalized spacial score (nSPS) is 22.8. The summed E-state index contributed by atoms with van der Waals surface area (Å²) >= 11 is 0. The first-order chi connectivity index (χ1) is 9.10. The molecule has 3 N–H and O–H groups in total. The second-order valence-corrected chi connectivity index (χ2v) is 4.29. The number of allylic oxidation sites excluding steroid dienone is 1. The van der Waals surface area contributed by atoms with Gasteiger partial charge in [-0.1, -0.05) is 0 Å². The average molecular weight is 265 g/mol. The number of nitrogens with two attached hydrogens (primary N) is 1. The van der Waals surface area contributed by atoms with Crippen LogP contribution >= 0.6 is 0 Å². The quantitative estimate of drug-likeness (QED) is 0.823. The number of aliphatic hydroxyl groups is 1. The van der Waals surface area contributed by atoms with Gasteiger partial charge >= 0.3 is 0 Å². The maximum atomic E-state index is 13.3. The van der Waals surface area contributed by atoms with Crippen LogP contribution in [0.4, 0.5) is 10.3 Å². The van der Waals surface area contributed by atoms with E-state index in [0.717, 1.165) is 0 Å². The number of nitrogens with zero attached hydrogens (tertiary/aromatic N) is 4. The molecule has 0 saturated heterocycles. The molecule has 1 aliphatic rings. The highest BCUT2D eigenvalue weighted by molar-refractivity contribution is 5.77. The van der Waals surface area contributed by atoms with Crippen molar-refractivity contribution >= 4 is 17.1 Å². The molecule has 2 aromatic rings. The fourth-order valence-corrected chi connectivity index (χ4v) is 2.19. The third-order valence-electron chi connectivity index (χ3n) is 3.09. The van der Waals surface area contributed by atoms with Crippen LogP contribution in [0.1, 0.15) is 12.5 Å². The molecule has 2 aromatic heterocycles. The maximum absolute atomic E-state index is 13.3. The van der Waals surface area contributed by atoms with Crippen molar-refractivity contribution in [3.63, 3.8) is 0 Å². The Morgan fingerprint density at radius 1 is 1.53 bits per heavy atom. The molecule has 1 aliphatic carbocycles. The topological polar surface area (TPSA) is 99.1 Å². The molecule has 0 aliphatic heterocycles. The van der Waals surface area contributed by atoms with Crippen LogP contribution in [-0.4, -0.2) is 37.8 Å². The number of aromatic nitrogens is 4. The second-order valence-electron chi connectivity index (χ2n) is 4.29. The second kappa shape index (κ2) is 4.16. The molecule has 0 radical (unpaired) electrons. The van der Waals surface area contributed by atoms with Crippen molar-refractivity contribution in [3.8, 4) is 5.88 Å². The van der Waals surface area contributed by atoms with Gasteiger partial charge in [-0.05, 0) is 6.08 Å². The Kier molecular flexibility index (Phi) is 2.59. The predicted molar refractivity (Wildman–Crippen MR) is 65.1 cm³/mol. The Hall–Kier alpha value is -2.22. The molecule has 0 fully saturated rings. The predicted octanol–water partition coefficient (Wildman–Crippen LogP) is 0.576. The molecule has 0 amide bonds. The Balaban J connectivity index is 2.13. The molecule has 0 bridgehead atoms. The van der Waals surface area contributed by atoms with Gasteiger partial charge in [0.2, 0.25) is 11.8 Å². The van der Waals surface area contributed by atoms with E-state index < -0.39 is 11.9 Å². The van der Waals surface area contributed by atoms with Crippen LogP contribution in [0.3, 0.4) is 0 Å². The molecule has 0 aromatic carbocycles. The highest BCUT2D eigenvalue weighted by atomic mass is 19.1. The smallest absolute Gasteiger partial charge is 0.246 e. The van der Waals surface area contributed by atoms with E-state index in [1.165, 1.54) is 19.5 Å². The van der Waals surface area contributed by atoms with E-state index in [0.29, 0.717) is 11.2 Å². The number of aliphatic hydroxyl groups excluding tert-OH is 1. The third-order valence-corrected chi connectivity index (χ3v) is 3.09. The van der Waals surface area contributed by atoms with Crippen LogP contribution in [-0.2, 0) is 0 Å². The summed E-state index contributed by atoms with van der Waals surface area (Å²) in [5.41, 5.74) is 6.50. The van der Waals surface area contributed by atoms with Crippen molar-refractivity contribution in [2.45, 2.75) is 18.6 Å². The average Bonchev–Trinajstić information content (AvgIpc) is 2.93. The summed E-state index contributed by atoms with van der Waals surface area (Å²) in [6.07, 6.45) is 2.01. The largest absolute Gasteiger partial charge is 0.479 e.